The van der Waals surface area contributed by atoms with E-state index < -0.39 is 5.91 Å². The molecule has 2 aromatic carbocycles. The maximum absolute atomic E-state index is 11.0. The van der Waals surface area contributed by atoms with Gasteiger partial charge < -0.3 is 16.8 Å². The van der Waals surface area contributed by atoms with Crippen molar-refractivity contribution in [3.8, 4) is 11.3 Å². The first kappa shape index (κ1) is 14.1. The Kier molecular flexibility index (Phi) is 3.76. The van der Waals surface area contributed by atoms with Crippen LogP contribution in [0.3, 0.4) is 0 Å². The largest absolute Gasteiger partial charge is 0.399 e. The van der Waals surface area contributed by atoms with Crippen LogP contribution in [0, 0.1) is 0 Å². The van der Waals surface area contributed by atoms with Crippen LogP contribution in [-0.2, 0) is 0 Å². The van der Waals surface area contributed by atoms with Gasteiger partial charge in [-0.25, -0.2) is 4.98 Å². The van der Waals surface area contributed by atoms with Gasteiger partial charge in [-0.05, 0) is 36.4 Å². The van der Waals surface area contributed by atoms with E-state index in [0.29, 0.717) is 11.3 Å². The third kappa shape index (κ3) is 3.07. The summed E-state index contributed by atoms with van der Waals surface area (Å²) in [5.41, 5.74) is 14.9. The van der Waals surface area contributed by atoms with Crippen LogP contribution in [-0.4, -0.2) is 10.9 Å². The molecule has 0 saturated heterocycles. The number of thiazole rings is 1. The van der Waals surface area contributed by atoms with Crippen LogP contribution in [0.1, 0.15) is 10.4 Å². The third-order valence-electron chi connectivity index (χ3n) is 3.11. The molecular formula is C16H14N4OS. The average Bonchev–Trinajstić information content (AvgIpc) is 2.96. The molecule has 6 heteroatoms. The Morgan fingerprint density at radius 2 is 1.91 bits per heavy atom. The molecule has 5 N–H and O–H groups in total. The lowest BCUT2D eigenvalue weighted by atomic mass is 10.1. The van der Waals surface area contributed by atoms with Crippen molar-refractivity contribution in [1.29, 1.82) is 0 Å². The second-order valence-electron chi connectivity index (χ2n) is 4.73. The third-order valence-corrected chi connectivity index (χ3v) is 3.86. The highest BCUT2D eigenvalue weighted by atomic mass is 32.1. The summed E-state index contributed by atoms with van der Waals surface area (Å²) in [5, 5.41) is 5.93. The lowest BCUT2D eigenvalue weighted by molar-refractivity contribution is 0.100. The van der Waals surface area contributed by atoms with E-state index in [1.54, 1.807) is 24.3 Å². The van der Waals surface area contributed by atoms with E-state index in [9.17, 15) is 4.79 Å². The summed E-state index contributed by atoms with van der Waals surface area (Å²) in [6.07, 6.45) is 0. The number of amides is 1. The van der Waals surface area contributed by atoms with Crippen LogP contribution < -0.4 is 16.8 Å². The van der Waals surface area contributed by atoms with Gasteiger partial charge in [-0.15, -0.1) is 11.3 Å². The first-order valence-corrected chi connectivity index (χ1v) is 7.48. The highest BCUT2D eigenvalue weighted by molar-refractivity contribution is 7.14. The smallest absolute Gasteiger partial charge is 0.248 e. The molecule has 0 aliphatic rings. The minimum absolute atomic E-state index is 0.440. The number of carbonyl (C=O) groups is 1. The van der Waals surface area contributed by atoms with Gasteiger partial charge in [-0.2, -0.15) is 0 Å². The molecule has 0 unspecified atom stereocenters. The number of nitrogens with one attached hydrogen (secondary N) is 1. The van der Waals surface area contributed by atoms with Crippen LogP contribution in [0.15, 0.2) is 53.9 Å². The highest BCUT2D eigenvalue weighted by Crippen LogP contribution is 2.28. The topological polar surface area (TPSA) is 94.0 Å². The molecule has 1 amide bonds. The number of aromatic nitrogens is 1. The second-order valence-corrected chi connectivity index (χ2v) is 5.59. The number of nitrogen functional groups attached to an aromatic ring is 1. The molecule has 1 aromatic heterocycles. The van der Waals surface area contributed by atoms with Crippen molar-refractivity contribution in [2.45, 2.75) is 0 Å². The minimum Gasteiger partial charge on any atom is -0.399 e. The van der Waals surface area contributed by atoms with Crippen LogP contribution in [0.2, 0.25) is 0 Å². The zero-order valence-electron chi connectivity index (χ0n) is 11.6. The van der Waals surface area contributed by atoms with E-state index in [1.807, 2.05) is 29.6 Å². The molecule has 110 valence electrons. The number of nitrogens with zero attached hydrogens (tertiary/aromatic N) is 1. The first-order valence-electron chi connectivity index (χ1n) is 6.60. The molecule has 0 aliphatic carbocycles. The van der Waals surface area contributed by atoms with Gasteiger partial charge in [0.25, 0.3) is 0 Å². The summed E-state index contributed by atoms with van der Waals surface area (Å²) in [6, 6.07) is 14.5. The second kappa shape index (κ2) is 5.87. The lowest BCUT2D eigenvalue weighted by Gasteiger charge is -2.03. The van der Waals surface area contributed by atoms with E-state index >= 15 is 0 Å². The van der Waals surface area contributed by atoms with E-state index in [1.165, 1.54) is 11.3 Å². The first-order chi connectivity index (χ1) is 10.6. The maximum Gasteiger partial charge on any atom is 0.248 e. The van der Waals surface area contributed by atoms with Crippen LogP contribution in [0.4, 0.5) is 16.5 Å². The van der Waals surface area contributed by atoms with E-state index in [0.717, 1.165) is 22.1 Å². The average molecular weight is 310 g/mol. The Balaban J connectivity index is 1.78. The van der Waals surface area contributed by atoms with Crippen molar-refractivity contribution in [3.05, 3.63) is 59.5 Å². The Morgan fingerprint density at radius 3 is 2.59 bits per heavy atom. The minimum atomic E-state index is -0.440. The number of primary amides is 1. The Bertz CT molecular complexity index is 811. The predicted molar refractivity (Wildman–Crippen MR) is 90.2 cm³/mol. The van der Waals surface area contributed by atoms with Gasteiger partial charge in [0, 0.05) is 27.9 Å². The summed E-state index contributed by atoms with van der Waals surface area (Å²) >= 11 is 1.50. The van der Waals surface area contributed by atoms with Crippen molar-refractivity contribution in [2.24, 2.45) is 5.73 Å². The maximum atomic E-state index is 11.0. The van der Waals surface area contributed by atoms with Gasteiger partial charge in [-0.1, -0.05) is 12.1 Å². The number of carbonyl (C=O) groups excluding carboxylic acids is 1. The van der Waals surface area contributed by atoms with E-state index in [4.69, 9.17) is 11.5 Å². The number of benzene rings is 2. The molecule has 0 saturated carbocycles. The van der Waals surface area contributed by atoms with Crippen molar-refractivity contribution in [2.75, 3.05) is 11.1 Å². The van der Waals surface area contributed by atoms with Crippen molar-refractivity contribution < 1.29 is 4.79 Å². The molecule has 0 atom stereocenters. The Hall–Kier alpha value is -2.86. The molecule has 0 fully saturated rings. The standard InChI is InChI=1S/C16H14N4OS/c17-12-3-1-2-11(8-12)14-9-22-16(20-14)19-13-6-4-10(5-7-13)15(18)21/h1-9H,17H2,(H2,18,21)(H,19,20). The molecule has 1 heterocycles. The van der Waals surface area contributed by atoms with Gasteiger partial charge >= 0.3 is 0 Å². The molecule has 5 nitrogen and oxygen atoms in total. The molecule has 0 aliphatic heterocycles. The van der Waals surface area contributed by atoms with Crippen LogP contribution >= 0.6 is 11.3 Å². The van der Waals surface area contributed by atoms with Crippen molar-refractivity contribution in [3.63, 3.8) is 0 Å². The molecule has 22 heavy (non-hydrogen) atoms. The lowest BCUT2D eigenvalue weighted by Crippen LogP contribution is -2.10. The predicted octanol–water partition coefficient (Wildman–Crippen LogP) is 3.23. The Labute approximate surface area is 131 Å². The zero-order chi connectivity index (χ0) is 15.5. The number of rotatable bonds is 4. The van der Waals surface area contributed by atoms with Gasteiger partial charge in [0.05, 0.1) is 5.69 Å². The van der Waals surface area contributed by atoms with E-state index in [2.05, 4.69) is 10.3 Å². The summed E-state index contributed by atoms with van der Waals surface area (Å²) in [5.74, 6) is -0.440. The van der Waals surface area contributed by atoms with Crippen LogP contribution in [0.25, 0.3) is 11.3 Å². The zero-order valence-corrected chi connectivity index (χ0v) is 12.4. The summed E-state index contributed by atoms with van der Waals surface area (Å²) in [7, 11) is 0. The van der Waals surface area contributed by atoms with Gasteiger partial charge in [0.2, 0.25) is 5.91 Å². The highest BCUT2D eigenvalue weighted by Gasteiger charge is 2.06. The van der Waals surface area contributed by atoms with E-state index in [-0.39, 0.29) is 0 Å². The monoisotopic (exact) mass is 310 g/mol. The fraction of sp³-hybridized carbons (Fsp3) is 0. The van der Waals surface area contributed by atoms with Gasteiger partial charge in [0.1, 0.15) is 0 Å². The number of nitrogens with two attached hydrogens (primary N) is 2. The van der Waals surface area contributed by atoms with Crippen molar-refractivity contribution >= 4 is 33.8 Å². The normalized spacial score (nSPS) is 10.4. The molecular weight excluding hydrogens is 296 g/mol. The Morgan fingerprint density at radius 1 is 1.14 bits per heavy atom. The SMILES string of the molecule is NC(=O)c1ccc(Nc2nc(-c3cccc(N)c3)cs2)cc1. The number of anilines is 3. The number of hydrogen-bond acceptors (Lipinski definition) is 5. The molecule has 0 bridgehead atoms. The van der Waals surface area contributed by atoms with Gasteiger partial charge in [-0.3, -0.25) is 4.79 Å². The van der Waals surface area contributed by atoms with Gasteiger partial charge in [0.15, 0.2) is 5.13 Å². The molecule has 3 aromatic rings. The molecule has 3 rings (SSSR count). The van der Waals surface area contributed by atoms with Crippen molar-refractivity contribution in [1.82, 2.24) is 4.98 Å². The summed E-state index contributed by atoms with van der Waals surface area (Å²) in [6.45, 7) is 0. The van der Waals surface area contributed by atoms with Crippen LogP contribution in [0.5, 0.6) is 0 Å². The molecule has 0 spiro atoms. The molecule has 0 radical (unpaired) electrons. The summed E-state index contributed by atoms with van der Waals surface area (Å²) < 4.78 is 0. The fourth-order valence-corrected chi connectivity index (χ4v) is 2.74. The fourth-order valence-electron chi connectivity index (χ4n) is 2.00. The quantitative estimate of drug-likeness (QED) is 0.645. The number of hydrogen-bond donors (Lipinski definition) is 3. The summed E-state index contributed by atoms with van der Waals surface area (Å²) in [4.78, 5) is 15.6.